The molecule has 1 atom stereocenters. The van der Waals surface area contributed by atoms with Crippen molar-refractivity contribution >= 4 is 15.7 Å². The summed E-state index contributed by atoms with van der Waals surface area (Å²) in [4.78, 5) is 4.13. The Kier molecular flexibility index (Phi) is 6.47. The maximum atomic E-state index is 14.4. The highest BCUT2D eigenvalue weighted by Gasteiger charge is 2.24. The number of sulfonamides is 1. The van der Waals surface area contributed by atoms with Gasteiger partial charge in [-0.2, -0.15) is 0 Å². The third kappa shape index (κ3) is 5.62. The number of halogens is 1. The second-order valence-corrected chi connectivity index (χ2v) is 7.70. The number of primary sulfonamides is 1. The van der Waals surface area contributed by atoms with Gasteiger partial charge in [0.05, 0.1) is 17.2 Å². The van der Waals surface area contributed by atoms with Crippen LogP contribution in [0.15, 0.2) is 63.8 Å². The topological polar surface area (TPSA) is 119 Å². The number of aliphatic imine (C=N–C) groups is 1. The summed E-state index contributed by atoms with van der Waals surface area (Å²) in [5, 5.41) is 14.2. The Labute approximate surface area is 152 Å². The van der Waals surface area contributed by atoms with Crippen LogP contribution in [-0.2, 0) is 16.4 Å². The number of hydrogen-bond donors (Lipinski definition) is 3. The summed E-state index contributed by atoms with van der Waals surface area (Å²) in [6, 6.07) is 7.74. The number of aliphatic hydroxyl groups excluding tert-OH is 1. The molecule has 2 rings (SSSR count). The molecule has 0 aromatic heterocycles. The minimum atomic E-state index is -3.92. The van der Waals surface area contributed by atoms with E-state index in [1.54, 1.807) is 0 Å². The van der Waals surface area contributed by atoms with E-state index in [0.29, 0.717) is 12.1 Å². The fourth-order valence-corrected chi connectivity index (χ4v) is 3.17. The maximum Gasteiger partial charge on any atom is 0.234 e. The summed E-state index contributed by atoms with van der Waals surface area (Å²) in [6.45, 7) is 1.61. The number of benzene rings is 1. The van der Waals surface area contributed by atoms with Crippen LogP contribution in [-0.4, -0.2) is 32.0 Å². The number of aliphatic hydroxyl groups is 1. The molecule has 6 nitrogen and oxygen atoms in total. The Hall–Kier alpha value is -2.29. The van der Waals surface area contributed by atoms with E-state index in [0.717, 1.165) is 11.1 Å². The molecule has 0 saturated carbocycles. The lowest BCUT2D eigenvalue weighted by Crippen LogP contribution is -2.21. The van der Waals surface area contributed by atoms with E-state index >= 15 is 0 Å². The van der Waals surface area contributed by atoms with E-state index in [1.165, 1.54) is 18.2 Å². The van der Waals surface area contributed by atoms with Crippen LogP contribution in [0.25, 0.3) is 0 Å². The van der Waals surface area contributed by atoms with Gasteiger partial charge in [0, 0.05) is 24.3 Å². The molecule has 1 aliphatic carbocycles. The van der Waals surface area contributed by atoms with Crippen LogP contribution in [0.5, 0.6) is 0 Å². The van der Waals surface area contributed by atoms with Crippen molar-refractivity contribution in [1.29, 1.82) is 0 Å². The summed E-state index contributed by atoms with van der Waals surface area (Å²) in [6.07, 6.45) is 2.49. The van der Waals surface area contributed by atoms with E-state index in [1.807, 2.05) is 31.2 Å². The highest BCUT2D eigenvalue weighted by atomic mass is 32.2. The highest BCUT2D eigenvalue weighted by Crippen LogP contribution is 2.25. The number of nitrogens with two attached hydrogens (primary N) is 2. The van der Waals surface area contributed by atoms with Crippen molar-refractivity contribution < 1.29 is 17.9 Å². The number of alkyl halides is 1. The molecular weight excluding hydrogens is 357 g/mol. The average molecular weight is 379 g/mol. The first kappa shape index (κ1) is 20.0. The highest BCUT2D eigenvalue weighted by molar-refractivity contribution is 7.93. The monoisotopic (exact) mass is 379 g/mol. The largest absolute Gasteiger partial charge is 0.400 e. The summed E-state index contributed by atoms with van der Waals surface area (Å²) in [7, 11) is -3.92. The van der Waals surface area contributed by atoms with Crippen LogP contribution in [0.2, 0.25) is 0 Å². The van der Waals surface area contributed by atoms with Crippen molar-refractivity contribution in [2.75, 3.05) is 6.61 Å². The van der Waals surface area contributed by atoms with Crippen LogP contribution < -0.4 is 10.9 Å². The van der Waals surface area contributed by atoms with E-state index in [2.05, 4.69) is 4.99 Å². The van der Waals surface area contributed by atoms with Crippen LogP contribution in [0.4, 0.5) is 4.39 Å². The number of nitrogens with zero attached hydrogens (tertiary/aromatic N) is 1. The van der Waals surface area contributed by atoms with Gasteiger partial charge < -0.3 is 10.8 Å². The molecule has 0 fully saturated rings. The molecule has 5 N–H and O–H groups in total. The number of hydrogen-bond acceptors (Lipinski definition) is 5. The number of rotatable bonds is 6. The molecule has 26 heavy (non-hydrogen) atoms. The van der Waals surface area contributed by atoms with Crippen LogP contribution in [0.1, 0.15) is 17.5 Å². The first-order chi connectivity index (χ1) is 12.2. The van der Waals surface area contributed by atoms with Gasteiger partial charge in [-0.05, 0) is 30.7 Å². The average Bonchev–Trinajstić information content (AvgIpc) is 2.55. The molecule has 140 valence electrons. The first-order valence-electron chi connectivity index (χ1n) is 7.96. The van der Waals surface area contributed by atoms with Gasteiger partial charge in [-0.15, -0.1) is 0 Å². The lowest BCUT2D eigenvalue weighted by molar-refractivity contribution is 0.330. The lowest BCUT2D eigenvalue weighted by Gasteiger charge is -2.16. The van der Waals surface area contributed by atoms with Crippen LogP contribution in [0, 0.1) is 6.92 Å². The normalized spacial score (nSPS) is 19.2. The molecular formula is C18H22FN3O3S. The van der Waals surface area contributed by atoms with E-state index in [-0.39, 0.29) is 29.3 Å². The Bertz CT molecular complexity index is 902. The van der Waals surface area contributed by atoms with Crippen molar-refractivity contribution in [1.82, 2.24) is 0 Å². The molecule has 0 bridgehead atoms. The zero-order valence-corrected chi connectivity index (χ0v) is 15.2. The quantitative estimate of drug-likeness (QED) is 0.651. The van der Waals surface area contributed by atoms with Crippen molar-refractivity contribution in [3.8, 4) is 0 Å². The van der Waals surface area contributed by atoms with E-state index in [9.17, 15) is 12.8 Å². The molecule has 1 aromatic carbocycles. The Morgan fingerprint density at radius 2 is 2.15 bits per heavy atom. The van der Waals surface area contributed by atoms with Crippen molar-refractivity contribution in [2.45, 2.75) is 25.9 Å². The van der Waals surface area contributed by atoms with Gasteiger partial charge in [0.25, 0.3) is 0 Å². The van der Waals surface area contributed by atoms with Gasteiger partial charge >= 0.3 is 0 Å². The van der Waals surface area contributed by atoms with Crippen molar-refractivity contribution in [3.05, 3.63) is 69.9 Å². The maximum absolute atomic E-state index is 14.4. The molecule has 0 heterocycles. The van der Waals surface area contributed by atoms with Crippen LogP contribution in [0.3, 0.4) is 0 Å². The number of allylic oxidation sites excluding steroid dienone is 5. The smallest absolute Gasteiger partial charge is 0.234 e. The third-order valence-electron chi connectivity index (χ3n) is 3.78. The second-order valence-electron chi connectivity index (χ2n) is 6.09. The zero-order valence-electron chi connectivity index (χ0n) is 14.4. The summed E-state index contributed by atoms with van der Waals surface area (Å²) >= 11 is 0. The minimum absolute atomic E-state index is 0.0852. The molecule has 8 heteroatoms. The molecule has 1 unspecified atom stereocenters. The Morgan fingerprint density at radius 1 is 1.42 bits per heavy atom. The second kappa shape index (κ2) is 8.39. The van der Waals surface area contributed by atoms with E-state index in [4.69, 9.17) is 16.0 Å². The third-order valence-corrected chi connectivity index (χ3v) is 4.82. The first-order valence-corrected chi connectivity index (χ1v) is 9.51. The van der Waals surface area contributed by atoms with Gasteiger partial charge in [-0.25, -0.2) is 17.9 Å². The van der Waals surface area contributed by atoms with Gasteiger partial charge in [0.2, 0.25) is 10.0 Å². The van der Waals surface area contributed by atoms with Gasteiger partial charge in [-0.1, -0.05) is 29.8 Å². The van der Waals surface area contributed by atoms with Gasteiger partial charge in [-0.3, -0.25) is 4.99 Å². The molecule has 1 aliphatic rings. The molecule has 0 saturated heterocycles. The molecule has 0 spiro atoms. The summed E-state index contributed by atoms with van der Waals surface area (Å²) in [5.74, 6) is 0. The van der Waals surface area contributed by atoms with E-state index < -0.39 is 16.2 Å². The predicted molar refractivity (Wildman–Crippen MR) is 100 cm³/mol. The van der Waals surface area contributed by atoms with Crippen molar-refractivity contribution in [3.63, 3.8) is 0 Å². The fourth-order valence-electron chi connectivity index (χ4n) is 2.53. The van der Waals surface area contributed by atoms with Crippen molar-refractivity contribution in [2.24, 2.45) is 15.9 Å². The zero-order chi connectivity index (χ0) is 19.3. The summed E-state index contributed by atoms with van der Waals surface area (Å²) < 4.78 is 37.1. The Balaban J connectivity index is 2.38. The number of aryl methyl sites for hydroxylation is 1. The molecule has 1 aromatic rings. The molecule has 0 amide bonds. The fraction of sp³-hybridized carbons (Fsp3) is 0.278. The molecule has 0 aliphatic heterocycles. The lowest BCUT2D eigenvalue weighted by atomic mass is 10.0. The SMILES string of the molecule is Cc1cccc(CC(C=C(N)CO)=NC2=CC=C(S(N)(=O)=O)CC2F)c1. The molecule has 0 radical (unpaired) electrons. The standard InChI is InChI=1S/C18H22FN3O3S/c1-12-3-2-4-13(7-12)8-15(9-14(20)11-23)22-18-6-5-16(10-17(18)19)26(21,24)25/h2-7,9,17,23H,8,10-11,20H2,1H3,(H2,21,24,25). The van der Waals surface area contributed by atoms with Crippen LogP contribution >= 0.6 is 0 Å². The van der Waals surface area contributed by atoms with Gasteiger partial charge in [0.15, 0.2) is 0 Å². The Morgan fingerprint density at radius 3 is 2.73 bits per heavy atom. The predicted octanol–water partition coefficient (Wildman–Crippen LogP) is 1.61. The minimum Gasteiger partial charge on any atom is -0.400 e. The summed E-state index contributed by atoms with van der Waals surface area (Å²) in [5.41, 5.74) is 8.46. The van der Waals surface area contributed by atoms with Gasteiger partial charge in [0.1, 0.15) is 6.17 Å².